The fourth-order valence-corrected chi connectivity index (χ4v) is 6.62. The van der Waals surface area contributed by atoms with Gasteiger partial charge in [0.15, 0.2) is 11.8 Å². The maximum atomic E-state index is 13.2. The van der Waals surface area contributed by atoms with Gasteiger partial charge in [0.25, 0.3) is 0 Å². The Labute approximate surface area is 176 Å². The topological polar surface area (TPSA) is 48.0 Å². The van der Waals surface area contributed by atoms with Gasteiger partial charge in [0.2, 0.25) is 0 Å². The molecule has 1 aromatic rings. The van der Waals surface area contributed by atoms with Crippen LogP contribution in [-0.4, -0.2) is 51.2 Å². The maximum absolute atomic E-state index is 13.2. The first-order valence-electron chi connectivity index (χ1n) is 9.89. The smallest absolute Gasteiger partial charge is 0.329 e. The molecule has 0 N–H and O–H groups in total. The second-order valence-corrected chi connectivity index (χ2v) is 11.0. The van der Waals surface area contributed by atoms with Crippen molar-refractivity contribution in [3.63, 3.8) is 0 Å². The Balaban J connectivity index is 1.90. The molecule has 156 valence electrons. The molecule has 2 aliphatic heterocycles. The lowest BCUT2D eigenvalue weighted by atomic mass is 9.91. The Morgan fingerprint density at radius 2 is 1.93 bits per heavy atom. The van der Waals surface area contributed by atoms with Crippen molar-refractivity contribution in [2.45, 2.75) is 69.1 Å². The Kier molecular flexibility index (Phi) is 7.37. The molecule has 28 heavy (non-hydrogen) atoms. The number of hydrogen-bond acceptors (Lipinski definition) is 7. The van der Waals surface area contributed by atoms with Gasteiger partial charge < -0.3 is 9.47 Å². The molecule has 5 nitrogen and oxygen atoms in total. The predicted molar refractivity (Wildman–Crippen MR) is 115 cm³/mol. The first kappa shape index (κ1) is 22.0. The number of nitrogens with zero attached hydrogens (tertiary/aromatic N) is 1. The van der Waals surface area contributed by atoms with Crippen LogP contribution in [0.15, 0.2) is 30.3 Å². The summed E-state index contributed by atoms with van der Waals surface area (Å²) in [6.07, 6.45) is 0.704. The molecule has 0 aromatic heterocycles. The number of benzene rings is 1. The second-order valence-electron chi connectivity index (χ2n) is 8.12. The van der Waals surface area contributed by atoms with Crippen LogP contribution in [-0.2, 0) is 25.7 Å². The normalized spacial score (nSPS) is 26.6. The van der Waals surface area contributed by atoms with E-state index in [0.717, 1.165) is 17.1 Å². The van der Waals surface area contributed by atoms with Gasteiger partial charge >= 0.3 is 5.97 Å². The fourth-order valence-electron chi connectivity index (χ4n) is 3.57. The first-order valence-corrected chi connectivity index (χ1v) is 12.0. The highest BCUT2D eigenvalue weighted by atomic mass is 32.2. The van der Waals surface area contributed by atoms with Crippen LogP contribution in [0.4, 0.5) is 0 Å². The molecule has 2 fully saturated rings. The summed E-state index contributed by atoms with van der Waals surface area (Å²) in [5.74, 6) is 2.03. The van der Waals surface area contributed by atoms with E-state index in [1.54, 1.807) is 0 Å². The third kappa shape index (κ3) is 5.45. The van der Waals surface area contributed by atoms with Crippen molar-refractivity contribution >= 4 is 29.5 Å². The monoisotopic (exact) mass is 425 g/mol. The highest BCUT2D eigenvalue weighted by Gasteiger charge is 2.56. The van der Waals surface area contributed by atoms with Gasteiger partial charge in [0, 0.05) is 17.9 Å². The largest absolute Gasteiger partial charge is 0.465 e. The zero-order chi connectivity index (χ0) is 20.2. The van der Waals surface area contributed by atoms with Crippen molar-refractivity contribution in [3.05, 3.63) is 35.9 Å². The fraction of sp³-hybridized carbons (Fsp3) is 0.667. The molecule has 2 atom stereocenters. The molecular weight excluding hydrogens is 394 g/mol. The van der Waals surface area contributed by atoms with E-state index in [1.165, 1.54) is 0 Å². The molecule has 0 spiro atoms. The molecule has 2 heterocycles. The third-order valence-electron chi connectivity index (χ3n) is 4.73. The van der Waals surface area contributed by atoms with Gasteiger partial charge in [0.05, 0.1) is 23.3 Å². The highest BCUT2D eigenvalue weighted by molar-refractivity contribution is 8.20. The minimum atomic E-state index is -0.837. The van der Waals surface area contributed by atoms with E-state index in [0.29, 0.717) is 30.6 Å². The summed E-state index contributed by atoms with van der Waals surface area (Å²) in [6, 6.07) is 10.1. The third-order valence-corrected chi connectivity index (χ3v) is 7.76. The molecule has 0 aliphatic carbocycles. The first-order chi connectivity index (χ1) is 13.3. The van der Waals surface area contributed by atoms with Crippen molar-refractivity contribution in [2.75, 3.05) is 18.1 Å². The van der Waals surface area contributed by atoms with E-state index in [4.69, 9.17) is 14.3 Å². The highest BCUT2D eigenvalue weighted by Crippen LogP contribution is 2.45. The summed E-state index contributed by atoms with van der Waals surface area (Å²) in [5, 5.41) is 1.83. The molecule has 1 aromatic carbocycles. The Morgan fingerprint density at radius 3 is 2.54 bits per heavy atom. The van der Waals surface area contributed by atoms with E-state index in [9.17, 15) is 4.79 Å². The number of esters is 1. The van der Waals surface area contributed by atoms with Gasteiger partial charge in [-0.05, 0) is 39.7 Å². The average Bonchev–Trinajstić information content (AvgIpc) is 3.24. The summed E-state index contributed by atoms with van der Waals surface area (Å²) >= 11 is 3.84. The quantitative estimate of drug-likeness (QED) is 0.598. The van der Waals surface area contributed by atoms with Gasteiger partial charge in [-0.25, -0.2) is 4.79 Å². The average molecular weight is 426 g/mol. The Hall–Kier alpha value is -0.730. The number of thioether (sulfide) groups is 2. The van der Waals surface area contributed by atoms with Crippen LogP contribution in [0.1, 0.15) is 46.1 Å². The van der Waals surface area contributed by atoms with E-state index in [1.807, 2.05) is 74.5 Å². The Morgan fingerprint density at radius 1 is 1.25 bits per heavy atom. The number of ether oxygens (including phenoxy) is 2. The summed E-state index contributed by atoms with van der Waals surface area (Å²) in [5.41, 5.74) is -0.0964. The number of carbonyl (C=O) groups is 1. The van der Waals surface area contributed by atoms with E-state index in [-0.39, 0.29) is 11.6 Å². The summed E-state index contributed by atoms with van der Waals surface area (Å²) < 4.78 is 12.0. The minimum absolute atomic E-state index is 0.209. The molecule has 0 radical (unpaired) electrons. The minimum Gasteiger partial charge on any atom is -0.465 e. The van der Waals surface area contributed by atoms with Crippen LogP contribution in [0.2, 0.25) is 0 Å². The SMILES string of the molecule is CCOC(=O)[C@@]1(CC2SCCS2)C[C@H](OC(C)(C)C)ON1Cc1ccccc1. The molecule has 0 saturated carbocycles. The van der Waals surface area contributed by atoms with E-state index in [2.05, 4.69) is 12.1 Å². The van der Waals surface area contributed by atoms with Crippen molar-refractivity contribution in [3.8, 4) is 0 Å². The molecule has 0 amide bonds. The van der Waals surface area contributed by atoms with Crippen LogP contribution >= 0.6 is 23.5 Å². The lowest BCUT2D eigenvalue weighted by molar-refractivity contribution is -0.277. The summed E-state index contributed by atoms with van der Waals surface area (Å²) in [7, 11) is 0. The predicted octanol–water partition coefficient (Wildman–Crippen LogP) is 4.46. The molecule has 0 unspecified atom stereocenters. The van der Waals surface area contributed by atoms with E-state index < -0.39 is 11.8 Å². The van der Waals surface area contributed by atoms with Crippen molar-refractivity contribution in [1.82, 2.24) is 5.06 Å². The zero-order valence-corrected chi connectivity index (χ0v) is 18.8. The number of hydroxylamine groups is 2. The van der Waals surface area contributed by atoms with Crippen molar-refractivity contribution in [1.29, 1.82) is 0 Å². The molecule has 3 rings (SSSR count). The molecule has 7 heteroatoms. The van der Waals surface area contributed by atoms with Crippen molar-refractivity contribution < 1.29 is 19.1 Å². The van der Waals surface area contributed by atoms with E-state index >= 15 is 0 Å². The lowest BCUT2D eigenvalue weighted by Crippen LogP contribution is -2.51. The zero-order valence-electron chi connectivity index (χ0n) is 17.2. The number of carbonyl (C=O) groups excluding carboxylic acids is 1. The summed E-state index contributed by atoms with van der Waals surface area (Å²) in [6.45, 7) is 8.74. The standard InChI is InChI=1S/C21H31NO4S2/c1-5-24-19(23)21(14-18-27-11-12-28-18)13-17(25-20(2,3)4)26-22(21)15-16-9-7-6-8-10-16/h6-10,17-18H,5,11-15H2,1-4H3/t17-,21+/m1/s1. The number of hydrogen-bond donors (Lipinski definition) is 0. The van der Waals surface area contributed by atoms with Gasteiger partial charge in [-0.1, -0.05) is 30.3 Å². The summed E-state index contributed by atoms with van der Waals surface area (Å²) in [4.78, 5) is 19.5. The molecule has 0 bridgehead atoms. The second kappa shape index (κ2) is 9.39. The van der Waals surface area contributed by atoms with Crippen LogP contribution in [0.25, 0.3) is 0 Å². The Bertz CT molecular complexity index is 646. The van der Waals surface area contributed by atoms with Gasteiger partial charge in [-0.15, -0.1) is 23.5 Å². The van der Waals surface area contributed by atoms with Crippen LogP contribution < -0.4 is 0 Å². The number of rotatable bonds is 7. The van der Waals surface area contributed by atoms with Crippen molar-refractivity contribution in [2.24, 2.45) is 0 Å². The lowest BCUT2D eigenvalue weighted by Gasteiger charge is -2.35. The van der Waals surface area contributed by atoms with Crippen LogP contribution in [0.5, 0.6) is 0 Å². The van der Waals surface area contributed by atoms with Crippen LogP contribution in [0, 0.1) is 0 Å². The molecular formula is C21H31NO4S2. The van der Waals surface area contributed by atoms with Gasteiger partial charge in [0.1, 0.15) is 0 Å². The molecule has 2 saturated heterocycles. The maximum Gasteiger partial charge on any atom is 0.329 e. The van der Waals surface area contributed by atoms with Gasteiger partial charge in [-0.2, -0.15) is 5.06 Å². The van der Waals surface area contributed by atoms with Crippen LogP contribution in [0.3, 0.4) is 0 Å². The van der Waals surface area contributed by atoms with Gasteiger partial charge in [-0.3, -0.25) is 4.84 Å². The molecule has 2 aliphatic rings.